The van der Waals surface area contributed by atoms with Gasteiger partial charge in [0.05, 0.1) is 19.6 Å². The van der Waals surface area contributed by atoms with Crippen molar-refractivity contribution in [1.82, 2.24) is 63.8 Å². The largest absolute Gasteiger partial charge is 0.481 e. The number of aliphatic carboxylic acids is 1. The number of hydrogen-bond donors (Lipinski definition) is 17. The molecule has 1 aliphatic heterocycles. The summed E-state index contributed by atoms with van der Waals surface area (Å²) in [5.74, 6) is -14.6. The zero-order valence-electron chi connectivity index (χ0n) is 62.8. The van der Waals surface area contributed by atoms with E-state index in [0.717, 1.165) is 0 Å². The first-order valence-corrected chi connectivity index (χ1v) is 36.5. The summed E-state index contributed by atoms with van der Waals surface area (Å²) in [7, 11) is 0. The number of aliphatic hydroxyl groups excluding tert-OH is 1. The van der Waals surface area contributed by atoms with E-state index < -0.39 is 192 Å². The Labute approximate surface area is 616 Å². The van der Waals surface area contributed by atoms with Crippen molar-refractivity contribution < 1.29 is 77.3 Å². The molecule has 31 nitrogen and oxygen atoms in total. The quantitative estimate of drug-likeness (QED) is 0.0321. The van der Waals surface area contributed by atoms with E-state index in [4.69, 9.17) is 17.2 Å². The van der Waals surface area contributed by atoms with Gasteiger partial charge in [-0.15, -0.1) is 0 Å². The zero-order valence-corrected chi connectivity index (χ0v) is 62.8. The normalized spacial score (nSPS) is 21.7. The van der Waals surface area contributed by atoms with Crippen LogP contribution in [0.1, 0.15) is 177 Å². The van der Waals surface area contributed by atoms with E-state index >= 15 is 9.59 Å². The van der Waals surface area contributed by atoms with Crippen molar-refractivity contribution in [1.29, 1.82) is 0 Å². The summed E-state index contributed by atoms with van der Waals surface area (Å²) in [4.78, 5) is 196. The molecule has 0 saturated heterocycles. The molecule has 0 unspecified atom stereocenters. The summed E-state index contributed by atoms with van der Waals surface area (Å²) in [6.45, 7) is 17.0. The molecule has 2 aromatic rings. The van der Waals surface area contributed by atoms with Crippen molar-refractivity contribution in [3.63, 3.8) is 0 Å². The van der Waals surface area contributed by atoms with Crippen LogP contribution in [0.2, 0.25) is 0 Å². The number of nitrogens with one attached hydrogen (secondary N) is 12. The van der Waals surface area contributed by atoms with E-state index in [1.807, 2.05) is 13.8 Å². The Kier molecular flexibility index (Phi) is 38.6. The van der Waals surface area contributed by atoms with E-state index in [2.05, 4.69) is 63.8 Å². The molecule has 2 aromatic carbocycles. The molecule has 15 atom stereocenters. The fraction of sp³-hybridized carbons (Fsp3) is 0.622. The second kappa shape index (κ2) is 45.1. The number of carbonyl (C=O) groups is 14. The fourth-order valence-electron chi connectivity index (χ4n) is 11.7. The third-order valence-electron chi connectivity index (χ3n) is 19.0. The molecule has 0 saturated carbocycles. The molecule has 0 fully saturated rings. The van der Waals surface area contributed by atoms with Crippen molar-refractivity contribution >= 4 is 82.8 Å². The molecule has 0 aromatic heterocycles. The fourth-order valence-corrected chi connectivity index (χ4v) is 11.7. The molecule has 3 rings (SSSR count). The Morgan fingerprint density at radius 1 is 0.581 bits per heavy atom. The Morgan fingerprint density at radius 2 is 1.10 bits per heavy atom. The molecule has 105 heavy (non-hydrogen) atoms. The molecule has 1 heterocycles. The first-order valence-electron chi connectivity index (χ1n) is 36.5. The molecule has 0 aliphatic carbocycles. The van der Waals surface area contributed by atoms with Crippen LogP contribution in [0.5, 0.6) is 0 Å². The summed E-state index contributed by atoms with van der Waals surface area (Å²) in [5, 5.41) is 52.5. The molecule has 0 spiro atoms. The molecule has 1 aliphatic rings. The highest BCUT2D eigenvalue weighted by molar-refractivity contribution is 6.01. The van der Waals surface area contributed by atoms with E-state index in [1.54, 1.807) is 114 Å². The lowest BCUT2D eigenvalue weighted by Crippen LogP contribution is -2.65. The highest BCUT2D eigenvalue weighted by atomic mass is 16.4. The summed E-state index contributed by atoms with van der Waals surface area (Å²) >= 11 is 0. The number of aliphatic hydroxyl groups is 1. The number of nitrogens with two attached hydrogens (primary N) is 3. The molecular weight excluding hydrogens is 1350 g/mol. The molecule has 584 valence electrons. The van der Waals surface area contributed by atoms with Gasteiger partial charge in [0.1, 0.15) is 71.5 Å². The van der Waals surface area contributed by atoms with Crippen LogP contribution in [0.25, 0.3) is 0 Å². The monoisotopic (exact) mass is 1470 g/mol. The standard InChI is InChI=1S/C74H117N15O16/c1-12-44(6)58-68(101)78-47(9)62(95)88-73(10,72(105)84-55(42-90)67(100)80-51(61(77)94)38-48-29-21-19-22-30-48)34-26-17-15-16-18-27-35-74(11,71(104)83-50(63(96)85-58)33-25-28-36-75)89-70(103)60(46(8)14-3)87-69(102)59(45(7)13-2)86-66(99)54(40-57(92)93)82-65(98)53(39-49-31-23-20-24-32-49)81-64(97)52(37-43(4)5)79-56(91)41-76/h15-16,19-24,29-32,43-47,50-55,58-60,90H,12-14,17-18,25-28,33-42,75-76H2,1-11H3,(H2,77,94)(H,78,101)(H,79,91)(H,80,100)(H,81,97)(H,82,98)(H,83,104)(H,84,105)(H,85,96)(H,86,99)(H,87,102)(H,88,95)(H,89,103)(H,92,93)/b16-15-/t44-,45-,46-,47-,50-,51-,52-,53-,54-,55-,58-,59-,60-,73-,74-/m0/s1. The lowest BCUT2D eigenvalue weighted by Gasteiger charge is -2.35. The average molecular weight is 1470 g/mol. The Morgan fingerprint density at radius 3 is 1.62 bits per heavy atom. The van der Waals surface area contributed by atoms with Gasteiger partial charge in [-0.25, -0.2) is 0 Å². The molecule has 13 amide bonds. The van der Waals surface area contributed by atoms with Gasteiger partial charge in [0.25, 0.3) is 0 Å². The molecule has 0 radical (unpaired) electrons. The van der Waals surface area contributed by atoms with Gasteiger partial charge in [0, 0.05) is 12.8 Å². The number of carboxylic acids is 1. The second-order valence-electron chi connectivity index (χ2n) is 28.3. The van der Waals surface area contributed by atoms with E-state index in [9.17, 15) is 67.7 Å². The number of amides is 13. The summed E-state index contributed by atoms with van der Waals surface area (Å²) < 4.78 is 0. The lowest BCUT2D eigenvalue weighted by atomic mass is 9.90. The topological polar surface area (TPSA) is 502 Å². The molecule has 20 N–H and O–H groups in total. The third kappa shape index (κ3) is 30.0. The number of carbonyl (C=O) groups excluding carboxylic acids is 13. The summed E-state index contributed by atoms with van der Waals surface area (Å²) in [6.07, 6.45) is 5.26. The minimum atomic E-state index is -1.85. The van der Waals surface area contributed by atoms with Gasteiger partial charge >= 0.3 is 5.97 Å². The van der Waals surface area contributed by atoms with Crippen LogP contribution in [0.4, 0.5) is 0 Å². The molecular formula is C74H117N15O16. The highest BCUT2D eigenvalue weighted by Crippen LogP contribution is 2.22. The van der Waals surface area contributed by atoms with E-state index in [0.29, 0.717) is 43.2 Å². The predicted octanol–water partition coefficient (Wildman–Crippen LogP) is 0.224. The zero-order chi connectivity index (χ0) is 78.7. The van der Waals surface area contributed by atoms with Gasteiger partial charge in [0.15, 0.2) is 0 Å². The third-order valence-corrected chi connectivity index (χ3v) is 19.0. The predicted molar refractivity (Wildman–Crippen MR) is 394 cm³/mol. The number of rotatable bonds is 36. The van der Waals surface area contributed by atoms with Crippen LogP contribution in [0, 0.1) is 23.7 Å². The van der Waals surface area contributed by atoms with Gasteiger partial charge < -0.3 is 91.2 Å². The van der Waals surface area contributed by atoms with Crippen molar-refractivity contribution in [2.45, 2.75) is 250 Å². The number of primary amides is 1. The summed E-state index contributed by atoms with van der Waals surface area (Å²) in [6, 6.07) is 3.11. The van der Waals surface area contributed by atoms with Crippen LogP contribution in [-0.2, 0) is 80.0 Å². The van der Waals surface area contributed by atoms with Crippen LogP contribution in [0.3, 0.4) is 0 Å². The van der Waals surface area contributed by atoms with Crippen molar-refractivity contribution in [3.8, 4) is 0 Å². The molecule has 0 bridgehead atoms. The Bertz CT molecular complexity index is 3270. The van der Waals surface area contributed by atoms with Gasteiger partial charge in [-0.3, -0.25) is 67.1 Å². The number of allylic oxidation sites excluding steroid dienone is 2. The van der Waals surface area contributed by atoms with Gasteiger partial charge in [-0.1, -0.05) is 147 Å². The Hall–Kier alpha value is -9.36. The number of carboxylic acid groups (broad SMARTS) is 1. The van der Waals surface area contributed by atoms with Gasteiger partial charge in [-0.05, 0) is 126 Å². The van der Waals surface area contributed by atoms with Crippen molar-refractivity contribution in [3.05, 3.63) is 83.9 Å². The minimum absolute atomic E-state index is 0.00799. The average Bonchev–Trinajstić information content (AvgIpc) is 0.938. The number of benzene rings is 2. The van der Waals surface area contributed by atoms with Gasteiger partial charge in [-0.2, -0.15) is 0 Å². The first kappa shape index (κ1) is 89.9. The van der Waals surface area contributed by atoms with Crippen LogP contribution >= 0.6 is 0 Å². The maximum Gasteiger partial charge on any atom is 0.305 e. The van der Waals surface area contributed by atoms with E-state index in [1.165, 1.54) is 20.8 Å². The highest BCUT2D eigenvalue weighted by Gasteiger charge is 2.44. The maximum atomic E-state index is 15.1. The van der Waals surface area contributed by atoms with Crippen LogP contribution < -0.4 is 81.0 Å². The smallest absolute Gasteiger partial charge is 0.305 e. The lowest BCUT2D eigenvalue weighted by molar-refractivity contribution is -0.142. The summed E-state index contributed by atoms with van der Waals surface area (Å²) in [5.41, 5.74) is 14.7. The second-order valence-corrected chi connectivity index (χ2v) is 28.3. The SMILES string of the molecule is CC[C@H](C)[C@@H]1NC(=O)[C@H](CCCCN)NC(=O)[C@@](C)(NC(=O)[C@@H](NC(=O)[C@@H](NC(=O)[C@H](CC(=O)O)NC(=O)[C@H](Cc2ccccc2)NC(=O)[C@H](CC(C)C)NC(=O)CN)[C@@H](C)CC)[C@@H](C)CC)CCC/C=C\CCC[C@@](C)(C(=O)N[C@@H](CO)C(=O)N[C@@H](Cc2ccccc2)C(N)=O)NC(=O)[C@H](C)NC1=O. The Balaban J connectivity index is 2.06. The molecule has 31 heteroatoms. The van der Waals surface area contributed by atoms with Crippen LogP contribution in [0.15, 0.2) is 72.8 Å². The van der Waals surface area contributed by atoms with Crippen molar-refractivity contribution in [2.24, 2.45) is 40.9 Å². The van der Waals surface area contributed by atoms with Crippen molar-refractivity contribution in [2.75, 3.05) is 19.7 Å². The first-order chi connectivity index (χ1) is 49.6. The number of hydrogen-bond acceptors (Lipinski definition) is 17. The van der Waals surface area contributed by atoms with E-state index in [-0.39, 0.29) is 76.7 Å². The maximum absolute atomic E-state index is 15.1. The van der Waals surface area contributed by atoms with Crippen LogP contribution in [-0.4, -0.2) is 184 Å². The van der Waals surface area contributed by atoms with Gasteiger partial charge in [0.2, 0.25) is 76.8 Å². The minimum Gasteiger partial charge on any atom is -0.481 e. The number of unbranched alkanes of at least 4 members (excludes halogenated alkanes) is 1.